The number of guanidine groups is 1. The van der Waals surface area contributed by atoms with E-state index in [9.17, 15) is 0 Å². The number of aryl methyl sites for hydroxylation is 1. The van der Waals surface area contributed by atoms with Gasteiger partial charge in [0.05, 0.1) is 0 Å². The fraction of sp³-hybridized carbons (Fsp3) is 0.167. The Balaban J connectivity index is 0.00000225. The third-order valence-electron chi connectivity index (χ3n) is 3.68. The van der Waals surface area contributed by atoms with Gasteiger partial charge in [0.1, 0.15) is 12.9 Å². The normalized spacial score (nSPS) is 11.0. The number of nitrogens with one attached hydrogen (secondary N) is 1. The molecule has 0 aliphatic heterocycles. The average Bonchev–Trinajstić information content (AvgIpc) is 3.10. The number of nitrogens with two attached hydrogens (primary N) is 1. The van der Waals surface area contributed by atoms with Crippen molar-refractivity contribution in [3.8, 4) is 5.69 Å². The SMILES string of the molecule is CCc1ccc(NC(N)=NCc2nncn2-c2ccccc2)cc1.I. The van der Waals surface area contributed by atoms with Crippen LogP contribution in [0.4, 0.5) is 5.69 Å². The van der Waals surface area contributed by atoms with Gasteiger partial charge < -0.3 is 11.1 Å². The van der Waals surface area contributed by atoms with Crippen molar-refractivity contribution in [2.24, 2.45) is 10.7 Å². The van der Waals surface area contributed by atoms with Crippen molar-refractivity contribution in [3.63, 3.8) is 0 Å². The Morgan fingerprint density at radius 2 is 1.84 bits per heavy atom. The van der Waals surface area contributed by atoms with Crippen LogP contribution in [0.25, 0.3) is 5.69 Å². The van der Waals surface area contributed by atoms with Gasteiger partial charge in [0, 0.05) is 11.4 Å². The molecular weight excluding hydrogens is 427 g/mol. The maximum atomic E-state index is 5.96. The number of rotatable bonds is 5. The number of hydrogen-bond acceptors (Lipinski definition) is 3. The van der Waals surface area contributed by atoms with Gasteiger partial charge in [0.25, 0.3) is 0 Å². The minimum absolute atomic E-state index is 0. The van der Waals surface area contributed by atoms with E-state index in [1.807, 2.05) is 47.0 Å². The first-order chi connectivity index (χ1) is 11.8. The summed E-state index contributed by atoms with van der Waals surface area (Å²) in [5.74, 6) is 1.08. The van der Waals surface area contributed by atoms with E-state index in [0.29, 0.717) is 12.5 Å². The second kappa shape index (κ2) is 9.16. The Morgan fingerprint density at radius 3 is 2.52 bits per heavy atom. The third kappa shape index (κ3) is 5.02. The van der Waals surface area contributed by atoms with Crippen LogP contribution in [0.5, 0.6) is 0 Å². The van der Waals surface area contributed by atoms with E-state index in [1.165, 1.54) is 5.56 Å². The molecule has 0 atom stereocenters. The largest absolute Gasteiger partial charge is 0.370 e. The molecular formula is C18H21IN6. The van der Waals surface area contributed by atoms with Gasteiger partial charge >= 0.3 is 0 Å². The molecule has 0 radical (unpaired) electrons. The zero-order valence-electron chi connectivity index (χ0n) is 14.0. The zero-order chi connectivity index (χ0) is 16.8. The summed E-state index contributed by atoms with van der Waals surface area (Å²) in [6.45, 7) is 2.47. The fourth-order valence-corrected chi connectivity index (χ4v) is 2.34. The highest BCUT2D eigenvalue weighted by Crippen LogP contribution is 2.11. The van der Waals surface area contributed by atoms with Gasteiger partial charge in [-0.1, -0.05) is 37.3 Å². The number of nitrogens with zero attached hydrogens (tertiary/aromatic N) is 4. The van der Waals surface area contributed by atoms with Crippen molar-refractivity contribution in [3.05, 3.63) is 72.3 Å². The van der Waals surface area contributed by atoms with Crippen molar-refractivity contribution in [1.29, 1.82) is 0 Å². The lowest BCUT2D eigenvalue weighted by Crippen LogP contribution is -2.22. The summed E-state index contributed by atoms with van der Waals surface area (Å²) >= 11 is 0. The Bertz CT molecular complexity index is 811. The van der Waals surface area contributed by atoms with Crippen molar-refractivity contribution < 1.29 is 0 Å². The van der Waals surface area contributed by atoms with E-state index in [0.717, 1.165) is 23.6 Å². The quantitative estimate of drug-likeness (QED) is 0.356. The number of aromatic nitrogens is 3. The number of hydrogen-bond donors (Lipinski definition) is 2. The van der Waals surface area contributed by atoms with Gasteiger partial charge in [-0.05, 0) is 36.2 Å². The molecule has 0 aliphatic rings. The fourth-order valence-electron chi connectivity index (χ4n) is 2.34. The maximum Gasteiger partial charge on any atom is 0.193 e. The summed E-state index contributed by atoms with van der Waals surface area (Å²) in [6, 6.07) is 18.0. The molecule has 130 valence electrons. The molecule has 3 rings (SSSR count). The van der Waals surface area contributed by atoms with E-state index in [1.54, 1.807) is 6.33 Å². The molecule has 0 aliphatic carbocycles. The van der Waals surface area contributed by atoms with Crippen LogP contribution in [-0.2, 0) is 13.0 Å². The molecule has 7 heteroatoms. The molecule has 1 heterocycles. The van der Waals surface area contributed by atoms with E-state index in [2.05, 4.69) is 39.6 Å². The molecule has 2 aromatic carbocycles. The predicted molar refractivity (Wildman–Crippen MR) is 112 cm³/mol. The highest BCUT2D eigenvalue weighted by molar-refractivity contribution is 14.0. The summed E-state index contributed by atoms with van der Waals surface area (Å²) in [7, 11) is 0. The Labute approximate surface area is 164 Å². The predicted octanol–water partition coefficient (Wildman–Crippen LogP) is 3.37. The highest BCUT2D eigenvalue weighted by Gasteiger charge is 2.05. The Morgan fingerprint density at radius 1 is 1.12 bits per heavy atom. The molecule has 0 unspecified atom stereocenters. The number of halogens is 1. The summed E-state index contributed by atoms with van der Waals surface area (Å²) in [5.41, 5.74) is 9.16. The van der Waals surface area contributed by atoms with Crippen LogP contribution >= 0.6 is 24.0 Å². The topological polar surface area (TPSA) is 81.1 Å². The van der Waals surface area contributed by atoms with Crippen molar-refractivity contribution in [1.82, 2.24) is 14.8 Å². The smallest absolute Gasteiger partial charge is 0.193 e. The first-order valence-corrected chi connectivity index (χ1v) is 7.86. The molecule has 0 fully saturated rings. The van der Waals surface area contributed by atoms with Crippen LogP contribution in [0.1, 0.15) is 18.3 Å². The van der Waals surface area contributed by atoms with Gasteiger partial charge in [-0.2, -0.15) is 0 Å². The standard InChI is InChI=1S/C18H20N6.HI/c1-2-14-8-10-15(11-9-14)22-18(19)20-12-17-23-21-13-24(17)16-6-4-3-5-7-16;/h3-11,13H,2,12H2,1H3,(H3,19,20,22);1H. The molecule has 25 heavy (non-hydrogen) atoms. The van der Waals surface area contributed by atoms with Gasteiger partial charge in [-0.15, -0.1) is 34.2 Å². The highest BCUT2D eigenvalue weighted by atomic mass is 127. The first-order valence-electron chi connectivity index (χ1n) is 7.86. The van der Waals surface area contributed by atoms with Crippen LogP contribution in [0.15, 0.2) is 65.9 Å². The maximum absolute atomic E-state index is 5.96. The Hall–Kier alpha value is -2.42. The number of aliphatic imine (C=N–C) groups is 1. The number of anilines is 1. The van der Waals surface area contributed by atoms with Crippen LogP contribution in [0.3, 0.4) is 0 Å². The van der Waals surface area contributed by atoms with Crippen LogP contribution in [0.2, 0.25) is 0 Å². The Kier molecular flexibility index (Phi) is 6.93. The third-order valence-corrected chi connectivity index (χ3v) is 3.68. The minimum Gasteiger partial charge on any atom is -0.370 e. The van der Waals surface area contributed by atoms with E-state index in [4.69, 9.17) is 5.73 Å². The lowest BCUT2D eigenvalue weighted by Gasteiger charge is -2.07. The first kappa shape index (κ1) is 18.9. The molecule has 3 aromatic rings. The van der Waals surface area contributed by atoms with Gasteiger partial charge in [-0.3, -0.25) is 4.57 Å². The van der Waals surface area contributed by atoms with E-state index < -0.39 is 0 Å². The van der Waals surface area contributed by atoms with Crippen LogP contribution in [0, 0.1) is 0 Å². The number of benzene rings is 2. The minimum atomic E-state index is 0. The van der Waals surface area contributed by atoms with Crippen LogP contribution in [-0.4, -0.2) is 20.7 Å². The molecule has 3 N–H and O–H groups in total. The monoisotopic (exact) mass is 448 g/mol. The lowest BCUT2D eigenvalue weighted by atomic mass is 10.1. The zero-order valence-corrected chi connectivity index (χ0v) is 16.3. The molecule has 0 spiro atoms. The second-order valence-electron chi connectivity index (χ2n) is 5.33. The van der Waals surface area contributed by atoms with Crippen molar-refractivity contribution in [2.75, 3.05) is 5.32 Å². The molecule has 1 aromatic heterocycles. The number of para-hydroxylation sites is 1. The molecule has 0 saturated heterocycles. The second-order valence-corrected chi connectivity index (χ2v) is 5.33. The van der Waals surface area contributed by atoms with E-state index in [-0.39, 0.29) is 24.0 Å². The van der Waals surface area contributed by atoms with E-state index >= 15 is 0 Å². The van der Waals surface area contributed by atoms with Crippen molar-refractivity contribution >= 4 is 35.6 Å². The summed E-state index contributed by atoms with van der Waals surface area (Å²) < 4.78 is 1.90. The van der Waals surface area contributed by atoms with Crippen LogP contribution < -0.4 is 11.1 Å². The van der Waals surface area contributed by atoms with Gasteiger partial charge in [0.15, 0.2) is 11.8 Å². The molecule has 0 amide bonds. The molecule has 0 saturated carbocycles. The van der Waals surface area contributed by atoms with Gasteiger partial charge in [-0.25, -0.2) is 4.99 Å². The van der Waals surface area contributed by atoms with Crippen molar-refractivity contribution in [2.45, 2.75) is 19.9 Å². The van der Waals surface area contributed by atoms with Gasteiger partial charge in [0.2, 0.25) is 0 Å². The summed E-state index contributed by atoms with van der Waals surface area (Å²) in [6.07, 6.45) is 2.69. The molecule has 6 nitrogen and oxygen atoms in total. The summed E-state index contributed by atoms with van der Waals surface area (Å²) in [4.78, 5) is 4.35. The average molecular weight is 448 g/mol. The molecule has 0 bridgehead atoms. The lowest BCUT2D eigenvalue weighted by molar-refractivity contribution is 0.859. The summed E-state index contributed by atoms with van der Waals surface area (Å²) in [5, 5.41) is 11.2.